The van der Waals surface area contributed by atoms with Gasteiger partial charge in [-0.3, -0.25) is 4.79 Å². The molecule has 1 saturated carbocycles. The predicted octanol–water partition coefficient (Wildman–Crippen LogP) is 3.49. The minimum Gasteiger partial charge on any atom is -0.396 e. The molecule has 2 N–H and O–H groups in total. The number of hydrogen-bond acceptors (Lipinski definition) is 3. The number of hydrogen-bond donors (Lipinski definition) is 2. The highest BCUT2D eigenvalue weighted by Gasteiger charge is 2.27. The summed E-state index contributed by atoms with van der Waals surface area (Å²) in [5, 5.41) is 13.0. The van der Waals surface area contributed by atoms with Gasteiger partial charge in [-0.2, -0.15) is 0 Å². The van der Waals surface area contributed by atoms with E-state index in [1.54, 1.807) is 11.8 Å². The van der Waals surface area contributed by atoms with Crippen molar-refractivity contribution in [1.29, 1.82) is 0 Å². The van der Waals surface area contributed by atoms with Gasteiger partial charge in [-0.1, -0.05) is 18.0 Å². The molecule has 2 atom stereocenters. The third-order valence-corrected chi connectivity index (χ3v) is 5.22. The van der Waals surface area contributed by atoms with Gasteiger partial charge in [0.05, 0.1) is 0 Å². The van der Waals surface area contributed by atoms with E-state index in [0.29, 0.717) is 6.42 Å². The Kier molecular flexibility index (Phi) is 6.87. The zero-order chi connectivity index (χ0) is 15.1. The Labute approximate surface area is 135 Å². The van der Waals surface area contributed by atoms with E-state index < -0.39 is 0 Å². The number of benzene rings is 1. The molecule has 0 aliphatic heterocycles. The molecule has 1 aromatic carbocycles. The van der Waals surface area contributed by atoms with E-state index in [-0.39, 0.29) is 24.5 Å². The zero-order valence-corrected chi connectivity index (χ0v) is 13.6. The molecule has 1 aliphatic carbocycles. The Morgan fingerprint density at radius 1 is 1.33 bits per heavy atom. The molecule has 2 rings (SSSR count). The highest BCUT2D eigenvalue weighted by molar-refractivity contribution is 7.99. The Hall–Kier alpha value is -0.710. The molecule has 1 amide bonds. The third-order valence-electron chi connectivity index (χ3n) is 3.87. The number of carbonyl (C=O) groups excluding carboxylic acids is 1. The summed E-state index contributed by atoms with van der Waals surface area (Å²) in [6.07, 6.45) is 4.53. The lowest BCUT2D eigenvalue weighted by molar-refractivity contribution is -0.122. The zero-order valence-electron chi connectivity index (χ0n) is 12.1. The van der Waals surface area contributed by atoms with Gasteiger partial charge in [-0.25, -0.2) is 0 Å². The molecule has 5 heteroatoms. The van der Waals surface area contributed by atoms with Crippen molar-refractivity contribution in [3.8, 4) is 0 Å². The summed E-state index contributed by atoms with van der Waals surface area (Å²) in [6, 6.07) is 7.93. The maximum atomic E-state index is 11.9. The largest absolute Gasteiger partial charge is 0.396 e. The highest BCUT2D eigenvalue weighted by atomic mass is 35.5. The van der Waals surface area contributed by atoms with Crippen molar-refractivity contribution < 1.29 is 9.90 Å². The second-order valence-electron chi connectivity index (χ2n) is 5.45. The van der Waals surface area contributed by atoms with Crippen molar-refractivity contribution in [3.05, 3.63) is 29.3 Å². The summed E-state index contributed by atoms with van der Waals surface area (Å²) >= 11 is 7.58. The average Bonchev–Trinajstić information content (AvgIpc) is 2.92. The fourth-order valence-electron chi connectivity index (χ4n) is 2.68. The van der Waals surface area contributed by atoms with Crippen LogP contribution in [0.4, 0.5) is 0 Å². The van der Waals surface area contributed by atoms with Crippen LogP contribution in [0.25, 0.3) is 0 Å². The number of amides is 1. The summed E-state index contributed by atoms with van der Waals surface area (Å²) < 4.78 is 0. The quantitative estimate of drug-likeness (QED) is 0.595. The number of halogens is 1. The molecular weight excluding hydrogens is 306 g/mol. The molecule has 21 heavy (non-hydrogen) atoms. The standard InChI is InChI=1S/C16H22ClNO2S/c17-13-6-8-14(9-7-13)21-10-2-5-16(20)18-15-4-1-3-12(15)11-19/h6-9,12,15,19H,1-5,10-11H2,(H,18,20). The van der Waals surface area contributed by atoms with Crippen molar-refractivity contribution in [2.45, 2.75) is 43.0 Å². The van der Waals surface area contributed by atoms with Crippen LogP contribution in [0.3, 0.4) is 0 Å². The molecular formula is C16H22ClNO2S. The van der Waals surface area contributed by atoms with Gasteiger partial charge < -0.3 is 10.4 Å². The van der Waals surface area contributed by atoms with E-state index in [0.717, 1.165) is 36.5 Å². The smallest absolute Gasteiger partial charge is 0.220 e. The van der Waals surface area contributed by atoms with Crippen molar-refractivity contribution in [2.75, 3.05) is 12.4 Å². The molecule has 2 unspecified atom stereocenters. The lowest BCUT2D eigenvalue weighted by atomic mass is 10.1. The number of nitrogens with one attached hydrogen (secondary N) is 1. The molecule has 1 aliphatic rings. The minimum absolute atomic E-state index is 0.108. The van der Waals surface area contributed by atoms with Gasteiger partial charge in [0.15, 0.2) is 0 Å². The maximum Gasteiger partial charge on any atom is 0.220 e. The summed E-state index contributed by atoms with van der Waals surface area (Å²) in [5.74, 6) is 1.28. The van der Waals surface area contributed by atoms with Gasteiger partial charge in [0.2, 0.25) is 5.91 Å². The molecule has 0 saturated heterocycles. The van der Waals surface area contributed by atoms with Crippen LogP contribution in [-0.2, 0) is 4.79 Å². The number of aliphatic hydroxyl groups excluding tert-OH is 1. The first-order chi connectivity index (χ1) is 10.2. The van der Waals surface area contributed by atoms with E-state index in [4.69, 9.17) is 11.6 Å². The fourth-order valence-corrected chi connectivity index (χ4v) is 3.66. The van der Waals surface area contributed by atoms with Crippen LogP contribution in [0.2, 0.25) is 5.02 Å². The molecule has 0 radical (unpaired) electrons. The van der Waals surface area contributed by atoms with E-state index in [1.807, 2.05) is 24.3 Å². The molecule has 3 nitrogen and oxygen atoms in total. The molecule has 0 spiro atoms. The fraction of sp³-hybridized carbons (Fsp3) is 0.562. The van der Waals surface area contributed by atoms with Crippen LogP contribution < -0.4 is 5.32 Å². The van der Waals surface area contributed by atoms with Crippen molar-refractivity contribution in [3.63, 3.8) is 0 Å². The first-order valence-corrected chi connectivity index (χ1v) is 8.84. The van der Waals surface area contributed by atoms with E-state index in [2.05, 4.69) is 5.32 Å². The first-order valence-electron chi connectivity index (χ1n) is 7.47. The molecule has 0 aromatic heterocycles. The van der Waals surface area contributed by atoms with E-state index >= 15 is 0 Å². The van der Waals surface area contributed by atoms with Gasteiger partial charge in [0.25, 0.3) is 0 Å². The Morgan fingerprint density at radius 2 is 2.10 bits per heavy atom. The topological polar surface area (TPSA) is 49.3 Å². The first kappa shape index (κ1) is 16.7. The summed E-state index contributed by atoms with van der Waals surface area (Å²) in [7, 11) is 0. The van der Waals surface area contributed by atoms with Crippen LogP contribution in [0.1, 0.15) is 32.1 Å². The van der Waals surface area contributed by atoms with Crippen LogP contribution >= 0.6 is 23.4 Å². The van der Waals surface area contributed by atoms with Crippen LogP contribution in [0.15, 0.2) is 29.2 Å². The lowest BCUT2D eigenvalue weighted by Gasteiger charge is -2.18. The Morgan fingerprint density at radius 3 is 2.81 bits per heavy atom. The van der Waals surface area contributed by atoms with Gasteiger partial charge in [-0.15, -0.1) is 11.8 Å². The van der Waals surface area contributed by atoms with E-state index in [9.17, 15) is 9.90 Å². The molecule has 0 bridgehead atoms. The predicted molar refractivity (Wildman–Crippen MR) is 87.8 cm³/mol. The van der Waals surface area contributed by atoms with Gasteiger partial charge in [0.1, 0.15) is 0 Å². The highest BCUT2D eigenvalue weighted by Crippen LogP contribution is 2.25. The summed E-state index contributed by atoms with van der Waals surface area (Å²) in [6.45, 7) is 0.178. The number of aliphatic hydroxyl groups is 1. The molecule has 116 valence electrons. The normalized spacial score (nSPS) is 21.4. The lowest BCUT2D eigenvalue weighted by Crippen LogP contribution is -2.38. The van der Waals surface area contributed by atoms with Crippen molar-refractivity contribution in [1.82, 2.24) is 5.32 Å². The molecule has 0 heterocycles. The third kappa shape index (κ3) is 5.53. The Balaban J connectivity index is 1.62. The Bertz CT molecular complexity index is 452. The molecule has 1 aromatic rings. The summed E-state index contributed by atoms with van der Waals surface area (Å²) in [5.41, 5.74) is 0. The second kappa shape index (κ2) is 8.66. The number of carbonyl (C=O) groups is 1. The SMILES string of the molecule is O=C(CCCSc1ccc(Cl)cc1)NC1CCCC1CO. The summed E-state index contributed by atoms with van der Waals surface area (Å²) in [4.78, 5) is 13.1. The second-order valence-corrected chi connectivity index (χ2v) is 7.06. The minimum atomic E-state index is 0.108. The van der Waals surface area contributed by atoms with Crippen molar-refractivity contribution >= 4 is 29.3 Å². The maximum absolute atomic E-state index is 11.9. The van der Waals surface area contributed by atoms with Gasteiger partial charge in [-0.05, 0) is 49.3 Å². The van der Waals surface area contributed by atoms with Crippen molar-refractivity contribution in [2.24, 2.45) is 5.92 Å². The average molecular weight is 328 g/mol. The number of thioether (sulfide) groups is 1. The van der Waals surface area contributed by atoms with E-state index in [1.165, 1.54) is 4.90 Å². The van der Waals surface area contributed by atoms with Crippen LogP contribution in [0, 0.1) is 5.92 Å². The van der Waals surface area contributed by atoms with Gasteiger partial charge in [0, 0.05) is 34.9 Å². The van der Waals surface area contributed by atoms with Crippen LogP contribution in [-0.4, -0.2) is 29.4 Å². The molecule has 1 fully saturated rings. The number of rotatable bonds is 7. The monoisotopic (exact) mass is 327 g/mol. The van der Waals surface area contributed by atoms with Crippen LogP contribution in [0.5, 0.6) is 0 Å². The van der Waals surface area contributed by atoms with Gasteiger partial charge >= 0.3 is 0 Å².